The minimum Gasteiger partial charge on any atom is -0.348 e. The third kappa shape index (κ3) is 3.54. The molecule has 1 heterocycles. The molecule has 0 fully saturated rings. The Kier molecular flexibility index (Phi) is 5.03. The van der Waals surface area contributed by atoms with E-state index in [1.165, 1.54) is 30.3 Å². The first kappa shape index (κ1) is 20.0. The van der Waals surface area contributed by atoms with Gasteiger partial charge in [-0.2, -0.15) is 0 Å². The molecular formula is C22H18F2N2O3S. The van der Waals surface area contributed by atoms with Gasteiger partial charge in [0.1, 0.15) is 18.2 Å². The van der Waals surface area contributed by atoms with Crippen LogP contribution in [0.1, 0.15) is 18.5 Å². The van der Waals surface area contributed by atoms with Gasteiger partial charge in [-0.1, -0.05) is 30.3 Å². The largest absolute Gasteiger partial charge is 0.348 e. The molecule has 3 aromatic rings. The zero-order chi connectivity index (χ0) is 21.5. The standard InChI is InChI=1S/C22H18F2N2O3S/c1-14(15-6-8-16(23)9-7-15)25-22(27)13-26-20-11-10-17(24)12-19(20)18-4-2-3-5-21(18)30(26,28)29/h2-12,14H,13H2,1H3,(H,25,27)/t14-/m1/s1. The quantitative estimate of drug-likeness (QED) is 0.683. The van der Waals surface area contributed by atoms with Crippen molar-refractivity contribution in [1.82, 2.24) is 5.32 Å². The fourth-order valence-corrected chi connectivity index (χ4v) is 5.18. The van der Waals surface area contributed by atoms with E-state index >= 15 is 0 Å². The van der Waals surface area contributed by atoms with Gasteiger partial charge in [-0.15, -0.1) is 0 Å². The molecule has 3 aromatic carbocycles. The van der Waals surface area contributed by atoms with Crippen LogP contribution in [0.5, 0.6) is 0 Å². The van der Waals surface area contributed by atoms with Crippen LogP contribution in [0.15, 0.2) is 71.6 Å². The van der Waals surface area contributed by atoms with Crippen LogP contribution in [0.2, 0.25) is 0 Å². The molecule has 0 radical (unpaired) electrons. The van der Waals surface area contributed by atoms with Crippen molar-refractivity contribution in [3.8, 4) is 11.1 Å². The van der Waals surface area contributed by atoms with Crippen LogP contribution >= 0.6 is 0 Å². The summed E-state index contributed by atoms with van der Waals surface area (Å²) in [6.07, 6.45) is 0. The molecule has 8 heteroatoms. The molecule has 0 unspecified atom stereocenters. The van der Waals surface area contributed by atoms with Crippen molar-refractivity contribution in [2.24, 2.45) is 0 Å². The lowest BCUT2D eigenvalue weighted by molar-refractivity contribution is -0.120. The minimum atomic E-state index is -4.01. The van der Waals surface area contributed by atoms with Crippen molar-refractivity contribution in [2.75, 3.05) is 10.8 Å². The number of anilines is 1. The van der Waals surface area contributed by atoms with E-state index in [0.29, 0.717) is 16.7 Å². The number of rotatable bonds is 4. The summed E-state index contributed by atoms with van der Waals surface area (Å²) >= 11 is 0. The molecule has 0 spiro atoms. The Morgan fingerprint density at radius 1 is 0.967 bits per heavy atom. The second kappa shape index (κ2) is 7.53. The van der Waals surface area contributed by atoms with E-state index in [9.17, 15) is 22.0 Å². The number of carbonyl (C=O) groups excluding carboxylic acids is 1. The van der Waals surface area contributed by atoms with Gasteiger partial charge in [-0.25, -0.2) is 17.2 Å². The number of sulfonamides is 1. The van der Waals surface area contributed by atoms with Gasteiger partial charge in [0.2, 0.25) is 5.91 Å². The van der Waals surface area contributed by atoms with E-state index < -0.39 is 34.3 Å². The van der Waals surface area contributed by atoms with Crippen molar-refractivity contribution in [3.63, 3.8) is 0 Å². The summed E-state index contributed by atoms with van der Waals surface area (Å²) in [4.78, 5) is 12.7. The summed E-state index contributed by atoms with van der Waals surface area (Å²) < 4.78 is 54.4. The van der Waals surface area contributed by atoms with E-state index in [2.05, 4.69) is 5.32 Å². The Morgan fingerprint density at radius 2 is 1.63 bits per heavy atom. The summed E-state index contributed by atoms with van der Waals surface area (Å²) in [5.74, 6) is -1.43. The molecule has 5 nitrogen and oxygen atoms in total. The molecule has 0 saturated heterocycles. The second-order valence-corrected chi connectivity index (χ2v) is 8.84. The van der Waals surface area contributed by atoms with Crippen LogP contribution < -0.4 is 9.62 Å². The number of fused-ring (bicyclic) bond motifs is 3. The zero-order valence-corrected chi connectivity index (χ0v) is 16.8. The molecule has 1 N–H and O–H groups in total. The molecule has 0 bridgehead atoms. The number of amides is 1. The van der Waals surface area contributed by atoms with E-state index in [1.807, 2.05) is 0 Å². The Morgan fingerprint density at radius 3 is 2.37 bits per heavy atom. The summed E-state index contributed by atoms with van der Waals surface area (Å²) in [5.41, 5.74) is 1.71. The average Bonchev–Trinajstić information content (AvgIpc) is 2.72. The first-order chi connectivity index (χ1) is 14.3. The summed E-state index contributed by atoms with van der Waals surface area (Å²) in [6, 6.07) is 15.3. The van der Waals surface area contributed by atoms with E-state index in [1.54, 1.807) is 37.3 Å². The summed E-state index contributed by atoms with van der Waals surface area (Å²) in [5, 5.41) is 2.73. The molecule has 30 heavy (non-hydrogen) atoms. The van der Waals surface area contributed by atoms with Crippen LogP contribution in [0, 0.1) is 11.6 Å². The molecule has 4 rings (SSSR count). The predicted molar refractivity (Wildman–Crippen MR) is 109 cm³/mol. The predicted octanol–water partition coefficient (Wildman–Crippen LogP) is 4.02. The van der Waals surface area contributed by atoms with Crippen molar-refractivity contribution in [1.29, 1.82) is 0 Å². The first-order valence-electron chi connectivity index (χ1n) is 9.24. The molecular weight excluding hydrogens is 410 g/mol. The Labute approximate surface area is 173 Å². The van der Waals surface area contributed by atoms with Gasteiger partial charge in [0.15, 0.2) is 0 Å². The minimum absolute atomic E-state index is 0.0162. The molecule has 1 aliphatic heterocycles. The maximum atomic E-state index is 13.9. The third-order valence-corrected chi connectivity index (χ3v) is 6.83. The highest BCUT2D eigenvalue weighted by Gasteiger charge is 2.36. The highest BCUT2D eigenvalue weighted by Crippen LogP contribution is 2.43. The van der Waals surface area contributed by atoms with E-state index in [-0.39, 0.29) is 16.4 Å². The number of nitrogens with one attached hydrogen (secondary N) is 1. The monoisotopic (exact) mass is 428 g/mol. The average molecular weight is 428 g/mol. The number of carbonyl (C=O) groups is 1. The molecule has 0 aliphatic carbocycles. The van der Waals surface area contributed by atoms with Gasteiger partial charge in [0.05, 0.1) is 16.6 Å². The molecule has 154 valence electrons. The molecule has 1 aliphatic rings. The zero-order valence-electron chi connectivity index (χ0n) is 16.0. The second-order valence-electron chi connectivity index (χ2n) is 7.01. The molecule has 1 amide bonds. The number of benzene rings is 3. The van der Waals surface area contributed by atoms with Gasteiger partial charge < -0.3 is 5.32 Å². The lowest BCUT2D eigenvalue weighted by Gasteiger charge is -2.32. The fraction of sp³-hybridized carbons (Fsp3) is 0.136. The SMILES string of the molecule is C[C@@H](NC(=O)CN1c2ccc(F)cc2-c2ccccc2S1(=O)=O)c1ccc(F)cc1. The lowest BCUT2D eigenvalue weighted by atomic mass is 10.0. The van der Waals surface area contributed by atoms with Crippen molar-refractivity contribution in [3.05, 3.63) is 83.9 Å². The van der Waals surface area contributed by atoms with Gasteiger partial charge in [0.25, 0.3) is 10.0 Å². The van der Waals surface area contributed by atoms with Crippen LogP contribution in [0.4, 0.5) is 14.5 Å². The molecule has 0 aromatic heterocycles. The Bertz CT molecular complexity index is 1230. The van der Waals surface area contributed by atoms with Crippen LogP contribution in [0.25, 0.3) is 11.1 Å². The number of nitrogens with zero attached hydrogens (tertiary/aromatic N) is 1. The fourth-order valence-electron chi connectivity index (χ4n) is 3.53. The van der Waals surface area contributed by atoms with Crippen molar-refractivity contribution in [2.45, 2.75) is 17.9 Å². The van der Waals surface area contributed by atoms with Gasteiger partial charge >= 0.3 is 0 Å². The lowest BCUT2D eigenvalue weighted by Crippen LogP contribution is -2.43. The normalized spacial score (nSPS) is 15.1. The van der Waals surface area contributed by atoms with Gasteiger partial charge in [0, 0.05) is 11.1 Å². The maximum Gasteiger partial charge on any atom is 0.265 e. The topological polar surface area (TPSA) is 66.5 Å². The van der Waals surface area contributed by atoms with Gasteiger partial charge in [-0.3, -0.25) is 9.10 Å². The Hall–Kier alpha value is -3.26. The highest BCUT2D eigenvalue weighted by atomic mass is 32.2. The maximum absolute atomic E-state index is 13.9. The first-order valence-corrected chi connectivity index (χ1v) is 10.7. The van der Waals surface area contributed by atoms with Crippen LogP contribution in [-0.4, -0.2) is 20.9 Å². The number of hydrogen-bond acceptors (Lipinski definition) is 3. The summed E-state index contributed by atoms with van der Waals surface area (Å²) in [7, 11) is -4.01. The van der Waals surface area contributed by atoms with Crippen LogP contribution in [-0.2, 0) is 14.8 Å². The number of hydrogen-bond donors (Lipinski definition) is 1. The molecule has 0 saturated carbocycles. The Balaban J connectivity index is 1.65. The van der Waals surface area contributed by atoms with Crippen molar-refractivity contribution >= 4 is 21.6 Å². The van der Waals surface area contributed by atoms with E-state index in [4.69, 9.17) is 0 Å². The van der Waals surface area contributed by atoms with Crippen molar-refractivity contribution < 1.29 is 22.0 Å². The highest BCUT2D eigenvalue weighted by molar-refractivity contribution is 7.93. The smallest absolute Gasteiger partial charge is 0.265 e. The number of halogens is 2. The van der Waals surface area contributed by atoms with Gasteiger partial charge in [-0.05, 0) is 48.9 Å². The summed E-state index contributed by atoms with van der Waals surface area (Å²) in [6.45, 7) is 1.25. The third-order valence-electron chi connectivity index (χ3n) is 5.01. The molecule has 1 atom stereocenters. The van der Waals surface area contributed by atoms with E-state index in [0.717, 1.165) is 10.4 Å². The van der Waals surface area contributed by atoms with Crippen LogP contribution in [0.3, 0.4) is 0 Å².